The van der Waals surface area contributed by atoms with Crippen molar-refractivity contribution in [3.05, 3.63) is 252 Å². The summed E-state index contributed by atoms with van der Waals surface area (Å²) in [4.78, 5) is 2.48. The Morgan fingerprint density at radius 2 is 1.03 bits per heavy atom. The normalized spacial score (nSPS) is 15.8. The molecule has 0 radical (unpaired) electrons. The van der Waals surface area contributed by atoms with Crippen molar-refractivity contribution in [3.8, 4) is 39.4 Å². The summed E-state index contributed by atoms with van der Waals surface area (Å²) in [7, 11) is 0. The van der Waals surface area contributed by atoms with Gasteiger partial charge >= 0.3 is 0 Å². The fourth-order valence-corrected chi connectivity index (χ4v) is 12.1. The smallest absolute Gasteiger partial charge is 0.134 e. The Labute approximate surface area is 378 Å². The van der Waals surface area contributed by atoms with E-state index in [1.54, 1.807) is 0 Å². The summed E-state index contributed by atoms with van der Waals surface area (Å²) in [5, 5.41) is 4.96. The average Bonchev–Trinajstić information content (AvgIpc) is 3.81. The number of fused-ring (bicyclic) bond motifs is 14. The maximum atomic E-state index is 7.20. The first-order valence-corrected chi connectivity index (χ1v) is 22.7. The molecule has 1 aromatic heterocycles. The monoisotopic (exact) mass is 830 g/mol. The molecule has 14 rings (SSSR count). The zero-order chi connectivity index (χ0) is 43.0. The van der Waals surface area contributed by atoms with Crippen LogP contribution in [0.1, 0.15) is 47.2 Å². The molecule has 0 fully saturated rings. The molecule has 2 aliphatic carbocycles. The molecule has 0 saturated heterocycles. The summed E-state index contributed by atoms with van der Waals surface area (Å²) in [5.41, 5.74) is 18.6. The lowest BCUT2D eigenvalue weighted by atomic mass is 9.58. The van der Waals surface area contributed by atoms with Crippen molar-refractivity contribution in [2.24, 2.45) is 0 Å². The van der Waals surface area contributed by atoms with Crippen molar-refractivity contribution in [2.75, 3.05) is 4.90 Å². The van der Waals surface area contributed by atoms with E-state index in [2.05, 4.69) is 242 Å². The summed E-state index contributed by atoms with van der Waals surface area (Å²) in [6, 6.07) is 80.6. The Kier molecular flexibility index (Phi) is 7.38. The van der Waals surface area contributed by atoms with Crippen molar-refractivity contribution in [2.45, 2.75) is 24.7 Å². The van der Waals surface area contributed by atoms with E-state index in [9.17, 15) is 0 Å². The van der Waals surface area contributed by atoms with Crippen LogP contribution in [0, 0.1) is 0 Å². The molecule has 65 heavy (non-hydrogen) atoms. The Hall–Kier alpha value is -8.14. The lowest BCUT2D eigenvalue weighted by Crippen LogP contribution is -2.36. The molecule has 1 atom stereocenters. The highest BCUT2D eigenvalue weighted by Crippen LogP contribution is 2.62. The molecule has 3 heteroatoms. The summed E-state index contributed by atoms with van der Waals surface area (Å²) >= 11 is 0. The van der Waals surface area contributed by atoms with Crippen molar-refractivity contribution < 1.29 is 4.74 Å². The largest absolute Gasteiger partial charge is 0.457 e. The fraction of sp³-hybridized carbons (Fsp3) is 0.0645. The molecule has 0 amide bonds. The number of benzene rings is 10. The molecule has 306 valence electrons. The van der Waals surface area contributed by atoms with Gasteiger partial charge in [0.05, 0.1) is 22.1 Å². The van der Waals surface area contributed by atoms with Crippen molar-refractivity contribution in [1.82, 2.24) is 4.57 Å². The van der Waals surface area contributed by atoms with E-state index in [1.807, 2.05) is 0 Å². The van der Waals surface area contributed by atoms with Crippen LogP contribution in [-0.4, -0.2) is 4.57 Å². The van der Waals surface area contributed by atoms with E-state index in [4.69, 9.17) is 4.74 Å². The zero-order valence-corrected chi connectivity index (χ0v) is 36.1. The Bertz CT molecular complexity index is 3800. The first-order valence-electron chi connectivity index (χ1n) is 22.7. The number of anilines is 3. The van der Waals surface area contributed by atoms with Gasteiger partial charge in [0, 0.05) is 56.0 Å². The first kappa shape index (κ1) is 36.4. The molecule has 0 N–H and O–H groups in total. The van der Waals surface area contributed by atoms with Gasteiger partial charge in [-0.1, -0.05) is 172 Å². The molecule has 1 spiro atoms. The fourth-order valence-electron chi connectivity index (χ4n) is 12.1. The van der Waals surface area contributed by atoms with E-state index < -0.39 is 5.41 Å². The number of ether oxygens (including phenoxy) is 1. The van der Waals surface area contributed by atoms with Gasteiger partial charge in [-0.05, 0) is 104 Å². The number of nitrogens with zero attached hydrogens (tertiary/aromatic N) is 2. The summed E-state index contributed by atoms with van der Waals surface area (Å²) in [5.74, 6) is 1.73. The number of aromatic nitrogens is 1. The maximum absolute atomic E-state index is 7.20. The third-order valence-corrected chi connectivity index (χ3v) is 14.8. The number of hydrogen-bond donors (Lipinski definition) is 0. The highest BCUT2D eigenvalue weighted by atomic mass is 16.5. The van der Waals surface area contributed by atoms with Crippen LogP contribution in [0.15, 0.2) is 218 Å². The van der Waals surface area contributed by atoms with Crippen LogP contribution < -0.4 is 9.64 Å². The highest BCUT2D eigenvalue weighted by Gasteiger charge is 2.49. The molecule has 2 heterocycles. The minimum absolute atomic E-state index is 0.165. The highest BCUT2D eigenvalue weighted by molar-refractivity contribution is 6.11. The van der Waals surface area contributed by atoms with Crippen molar-refractivity contribution >= 4 is 49.6 Å². The van der Waals surface area contributed by atoms with Gasteiger partial charge in [0.15, 0.2) is 0 Å². The van der Waals surface area contributed by atoms with Crippen LogP contribution in [0.2, 0.25) is 0 Å². The molecular formula is C62H42N2O. The number of hydrogen-bond acceptors (Lipinski definition) is 2. The standard InChI is InChI=1S/C62H42N2O/c1-61(2)48-25-9-7-23-46(48)60-52(61)28-16-31-56(60)63(41-34-36-55-47(37-41)44-22-8-12-30-54(44)64(55)40-19-4-3-5-20-40)42-33-35-51-58(38-42)65-57-32-13-11-27-50(57)62(51)49-26-10-6-21-43(49)45-24-14-17-39-18-15-29-53(62)59(39)45/h3-38H,1-2H3. The summed E-state index contributed by atoms with van der Waals surface area (Å²) in [6.45, 7) is 4.72. The Balaban J connectivity index is 1.06. The van der Waals surface area contributed by atoms with Gasteiger partial charge in [-0.25, -0.2) is 0 Å². The number of rotatable bonds is 4. The molecule has 3 aliphatic rings. The SMILES string of the molecule is CC1(C)c2ccccc2-c2c(N(c3ccc4c(c3)Oc3ccccc3C43c4ccccc4-c4cccc5cccc3c45)c3ccc4c(c3)c3ccccc3n4-c3ccccc3)cccc21. The average molecular weight is 831 g/mol. The van der Waals surface area contributed by atoms with Gasteiger partial charge < -0.3 is 14.2 Å². The van der Waals surface area contributed by atoms with Crippen LogP contribution in [-0.2, 0) is 10.8 Å². The molecular weight excluding hydrogens is 789 g/mol. The molecule has 0 saturated carbocycles. The molecule has 10 aromatic carbocycles. The lowest BCUT2D eigenvalue weighted by Gasteiger charge is -2.45. The minimum atomic E-state index is -0.618. The molecule has 1 unspecified atom stereocenters. The van der Waals surface area contributed by atoms with E-state index in [-0.39, 0.29) is 5.41 Å². The summed E-state index contributed by atoms with van der Waals surface area (Å²) < 4.78 is 9.59. The van der Waals surface area contributed by atoms with E-state index >= 15 is 0 Å². The zero-order valence-electron chi connectivity index (χ0n) is 36.1. The Morgan fingerprint density at radius 1 is 0.415 bits per heavy atom. The number of para-hydroxylation sites is 3. The van der Waals surface area contributed by atoms with Gasteiger partial charge in [-0.3, -0.25) is 0 Å². The van der Waals surface area contributed by atoms with Gasteiger partial charge in [0.2, 0.25) is 0 Å². The van der Waals surface area contributed by atoms with E-state index in [1.165, 1.54) is 77.1 Å². The quantitative estimate of drug-likeness (QED) is 0.176. The molecule has 11 aromatic rings. The predicted molar refractivity (Wildman–Crippen MR) is 268 cm³/mol. The molecule has 3 nitrogen and oxygen atoms in total. The molecule has 0 bridgehead atoms. The van der Waals surface area contributed by atoms with Crippen molar-refractivity contribution in [3.63, 3.8) is 0 Å². The van der Waals surface area contributed by atoms with E-state index in [0.29, 0.717) is 0 Å². The van der Waals surface area contributed by atoms with E-state index in [0.717, 1.165) is 45.4 Å². The maximum Gasteiger partial charge on any atom is 0.134 e. The Morgan fingerprint density at radius 3 is 1.91 bits per heavy atom. The third-order valence-electron chi connectivity index (χ3n) is 14.8. The second kappa shape index (κ2) is 13.2. The summed E-state index contributed by atoms with van der Waals surface area (Å²) in [6.07, 6.45) is 0. The van der Waals surface area contributed by atoms with Crippen LogP contribution in [0.5, 0.6) is 11.5 Å². The van der Waals surface area contributed by atoms with Crippen LogP contribution in [0.25, 0.3) is 60.5 Å². The van der Waals surface area contributed by atoms with Crippen LogP contribution >= 0.6 is 0 Å². The second-order valence-electron chi connectivity index (χ2n) is 18.4. The topological polar surface area (TPSA) is 17.4 Å². The molecule has 1 aliphatic heterocycles. The minimum Gasteiger partial charge on any atom is -0.457 e. The first-order chi connectivity index (χ1) is 32.0. The van der Waals surface area contributed by atoms with Crippen molar-refractivity contribution in [1.29, 1.82) is 0 Å². The van der Waals surface area contributed by atoms with Gasteiger partial charge in [-0.2, -0.15) is 0 Å². The van der Waals surface area contributed by atoms with Gasteiger partial charge in [-0.15, -0.1) is 0 Å². The predicted octanol–water partition coefficient (Wildman–Crippen LogP) is 16.2. The second-order valence-corrected chi connectivity index (χ2v) is 18.4. The van der Waals surface area contributed by atoms with Crippen LogP contribution in [0.4, 0.5) is 17.1 Å². The van der Waals surface area contributed by atoms with Gasteiger partial charge in [0.25, 0.3) is 0 Å². The van der Waals surface area contributed by atoms with Crippen LogP contribution in [0.3, 0.4) is 0 Å². The lowest BCUT2D eigenvalue weighted by molar-refractivity contribution is 0.435. The van der Waals surface area contributed by atoms with Gasteiger partial charge in [0.1, 0.15) is 11.5 Å². The third kappa shape index (κ3) is 4.79.